The van der Waals surface area contributed by atoms with Crippen molar-refractivity contribution in [3.63, 3.8) is 0 Å². The molecule has 2 N–H and O–H groups in total. The van der Waals surface area contributed by atoms with Crippen LogP contribution in [0.5, 0.6) is 5.75 Å². The number of amides is 2. The molecule has 0 atom stereocenters. The molecule has 1 saturated heterocycles. The van der Waals surface area contributed by atoms with Crippen molar-refractivity contribution >= 4 is 23.2 Å². The number of carbonyl (C=O) groups is 2. The molecule has 0 spiro atoms. The first-order chi connectivity index (χ1) is 11.5. The summed E-state index contributed by atoms with van der Waals surface area (Å²) in [5.41, 5.74) is 0.767. The number of nitrogens with one attached hydrogen (secondary N) is 1. The molecule has 2 aromatic rings. The molecule has 2 amide bonds. The minimum absolute atomic E-state index is 0.00294. The first kappa shape index (κ1) is 16.4. The summed E-state index contributed by atoms with van der Waals surface area (Å²) in [4.78, 5) is 30.5. The molecule has 24 heavy (non-hydrogen) atoms. The molecule has 0 aliphatic carbocycles. The highest BCUT2D eigenvalue weighted by Gasteiger charge is 2.26. The second kappa shape index (κ2) is 7.00. The molecule has 0 radical (unpaired) electrons. The van der Waals surface area contributed by atoms with Crippen LogP contribution in [0.25, 0.3) is 0 Å². The van der Waals surface area contributed by atoms with Crippen molar-refractivity contribution in [2.75, 3.05) is 13.1 Å². The van der Waals surface area contributed by atoms with Gasteiger partial charge in [-0.2, -0.15) is 0 Å². The zero-order valence-corrected chi connectivity index (χ0v) is 14.2. The van der Waals surface area contributed by atoms with E-state index in [2.05, 4.69) is 10.3 Å². The Morgan fingerprint density at radius 3 is 2.62 bits per heavy atom. The predicted molar refractivity (Wildman–Crippen MR) is 91.3 cm³/mol. The van der Waals surface area contributed by atoms with Crippen LogP contribution in [0, 0.1) is 6.92 Å². The summed E-state index contributed by atoms with van der Waals surface area (Å²) in [5, 5.41) is 15.4. The summed E-state index contributed by atoms with van der Waals surface area (Å²) in [6.07, 6.45) is 1.38. The Kier molecular flexibility index (Phi) is 4.80. The summed E-state index contributed by atoms with van der Waals surface area (Å²) in [5.74, 6) is -0.338. The van der Waals surface area contributed by atoms with Gasteiger partial charge >= 0.3 is 0 Å². The number of piperidine rings is 1. The van der Waals surface area contributed by atoms with Gasteiger partial charge in [0.2, 0.25) is 0 Å². The largest absolute Gasteiger partial charge is 0.507 e. The minimum atomic E-state index is -0.173. The smallest absolute Gasteiger partial charge is 0.270 e. The number of rotatable bonds is 3. The molecule has 1 fully saturated rings. The van der Waals surface area contributed by atoms with E-state index in [9.17, 15) is 14.7 Å². The topological polar surface area (TPSA) is 82.5 Å². The van der Waals surface area contributed by atoms with E-state index in [0.717, 1.165) is 5.01 Å². The number of benzene rings is 1. The number of nitrogens with zero attached hydrogens (tertiary/aromatic N) is 2. The number of phenols is 1. The fourth-order valence-corrected chi connectivity index (χ4v) is 3.37. The fraction of sp³-hybridized carbons (Fsp3) is 0.353. The predicted octanol–water partition coefficient (Wildman–Crippen LogP) is 2.19. The van der Waals surface area contributed by atoms with Gasteiger partial charge in [-0.25, -0.2) is 4.98 Å². The van der Waals surface area contributed by atoms with E-state index in [-0.39, 0.29) is 23.6 Å². The van der Waals surface area contributed by atoms with Gasteiger partial charge in [0.25, 0.3) is 11.8 Å². The second-order valence-electron chi connectivity index (χ2n) is 5.81. The quantitative estimate of drug-likeness (QED) is 0.893. The third-order valence-electron chi connectivity index (χ3n) is 4.10. The standard InChI is InChI=1S/C17H19N3O3S/c1-11-18-14(10-24-11)16(22)19-12-6-8-20(9-7-12)17(23)13-4-2-3-5-15(13)21/h2-5,10,12,21H,6-9H2,1H3,(H,19,22). The van der Waals surface area contributed by atoms with Crippen LogP contribution in [0.2, 0.25) is 0 Å². The molecule has 0 bridgehead atoms. The lowest BCUT2D eigenvalue weighted by Crippen LogP contribution is -2.46. The highest BCUT2D eigenvalue weighted by molar-refractivity contribution is 7.09. The Morgan fingerprint density at radius 1 is 1.29 bits per heavy atom. The average molecular weight is 345 g/mol. The van der Waals surface area contributed by atoms with Gasteiger partial charge in [-0.1, -0.05) is 12.1 Å². The number of para-hydroxylation sites is 1. The fourth-order valence-electron chi connectivity index (χ4n) is 2.78. The molecular weight excluding hydrogens is 326 g/mol. The molecule has 0 unspecified atom stereocenters. The van der Waals surface area contributed by atoms with Crippen LogP contribution in [0.4, 0.5) is 0 Å². The van der Waals surface area contributed by atoms with Crippen molar-refractivity contribution in [1.29, 1.82) is 0 Å². The van der Waals surface area contributed by atoms with Gasteiger partial charge in [0, 0.05) is 24.5 Å². The van der Waals surface area contributed by atoms with Crippen LogP contribution in [-0.4, -0.2) is 45.9 Å². The number of aromatic hydroxyl groups is 1. The summed E-state index contributed by atoms with van der Waals surface area (Å²) in [7, 11) is 0. The molecule has 1 aromatic carbocycles. The Labute approximate surface area is 144 Å². The Morgan fingerprint density at radius 2 is 2.00 bits per heavy atom. The monoisotopic (exact) mass is 345 g/mol. The summed E-state index contributed by atoms with van der Waals surface area (Å²) >= 11 is 1.45. The van der Waals surface area contributed by atoms with E-state index in [0.29, 0.717) is 37.2 Å². The maximum Gasteiger partial charge on any atom is 0.270 e. The molecule has 2 heterocycles. The maximum absolute atomic E-state index is 12.4. The van der Waals surface area contributed by atoms with Crippen molar-refractivity contribution < 1.29 is 14.7 Å². The lowest BCUT2D eigenvalue weighted by molar-refractivity contribution is 0.0695. The number of hydrogen-bond donors (Lipinski definition) is 2. The first-order valence-corrected chi connectivity index (χ1v) is 8.73. The number of hydrogen-bond acceptors (Lipinski definition) is 5. The van der Waals surface area contributed by atoms with Gasteiger partial charge in [-0.15, -0.1) is 11.3 Å². The van der Waals surface area contributed by atoms with E-state index in [1.807, 2.05) is 6.92 Å². The van der Waals surface area contributed by atoms with E-state index in [1.165, 1.54) is 17.4 Å². The van der Waals surface area contributed by atoms with Crippen LogP contribution in [0.3, 0.4) is 0 Å². The van der Waals surface area contributed by atoms with Gasteiger partial charge in [0.1, 0.15) is 11.4 Å². The highest BCUT2D eigenvalue weighted by Crippen LogP contribution is 2.20. The molecule has 7 heteroatoms. The SMILES string of the molecule is Cc1nc(C(=O)NC2CCN(C(=O)c3ccccc3O)CC2)cs1. The summed E-state index contributed by atoms with van der Waals surface area (Å²) in [6.45, 7) is 2.97. The highest BCUT2D eigenvalue weighted by atomic mass is 32.1. The van der Waals surface area contributed by atoms with Gasteiger partial charge in [0.15, 0.2) is 0 Å². The van der Waals surface area contributed by atoms with Crippen LogP contribution >= 0.6 is 11.3 Å². The molecule has 6 nitrogen and oxygen atoms in total. The summed E-state index contributed by atoms with van der Waals surface area (Å²) in [6, 6.07) is 6.59. The van der Waals surface area contributed by atoms with E-state index >= 15 is 0 Å². The van der Waals surface area contributed by atoms with Crippen molar-refractivity contribution in [3.8, 4) is 5.75 Å². The molecule has 126 valence electrons. The Bertz CT molecular complexity index is 751. The number of thiazole rings is 1. The number of phenolic OH excluding ortho intramolecular Hbond substituents is 1. The zero-order valence-electron chi connectivity index (χ0n) is 13.4. The van der Waals surface area contributed by atoms with Crippen molar-refractivity contribution in [2.24, 2.45) is 0 Å². The van der Waals surface area contributed by atoms with Crippen LogP contribution in [0.15, 0.2) is 29.6 Å². The Hall–Kier alpha value is -2.41. The average Bonchev–Trinajstić information content (AvgIpc) is 3.02. The third-order valence-corrected chi connectivity index (χ3v) is 4.88. The number of aryl methyl sites for hydroxylation is 1. The third kappa shape index (κ3) is 3.56. The molecule has 0 saturated carbocycles. The Balaban J connectivity index is 1.55. The lowest BCUT2D eigenvalue weighted by atomic mass is 10.0. The van der Waals surface area contributed by atoms with Gasteiger partial charge in [-0.3, -0.25) is 9.59 Å². The van der Waals surface area contributed by atoms with Crippen molar-refractivity contribution in [3.05, 3.63) is 45.9 Å². The van der Waals surface area contributed by atoms with Crippen LogP contribution in [0.1, 0.15) is 38.7 Å². The van der Waals surface area contributed by atoms with E-state index < -0.39 is 0 Å². The van der Waals surface area contributed by atoms with Gasteiger partial charge < -0.3 is 15.3 Å². The maximum atomic E-state index is 12.4. The lowest BCUT2D eigenvalue weighted by Gasteiger charge is -2.32. The van der Waals surface area contributed by atoms with E-state index in [1.54, 1.807) is 28.5 Å². The summed E-state index contributed by atoms with van der Waals surface area (Å²) < 4.78 is 0. The van der Waals surface area contributed by atoms with Gasteiger partial charge in [-0.05, 0) is 31.9 Å². The number of likely N-dealkylation sites (tertiary alicyclic amines) is 1. The van der Waals surface area contributed by atoms with E-state index in [4.69, 9.17) is 0 Å². The number of aromatic nitrogens is 1. The molecule has 1 aliphatic heterocycles. The van der Waals surface area contributed by atoms with Crippen molar-refractivity contribution in [2.45, 2.75) is 25.8 Å². The molecule has 1 aromatic heterocycles. The normalized spacial score (nSPS) is 15.3. The van der Waals surface area contributed by atoms with Crippen molar-refractivity contribution in [1.82, 2.24) is 15.2 Å². The first-order valence-electron chi connectivity index (χ1n) is 7.85. The molecular formula is C17H19N3O3S. The van der Waals surface area contributed by atoms with Crippen LogP contribution < -0.4 is 5.32 Å². The van der Waals surface area contributed by atoms with Gasteiger partial charge in [0.05, 0.1) is 10.6 Å². The molecule has 1 aliphatic rings. The molecule has 3 rings (SSSR count). The second-order valence-corrected chi connectivity index (χ2v) is 6.87. The number of carbonyl (C=O) groups excluding carboxylic acids is 2. The zero-order chi connectivity index (χ0) is 17.1. The van der Waals surface area contributed by atoms with Crippen LogP contribution in [-0.2, 0) is 0 Å². The minimum Gasteiger partial charge on any atom is -0.507 e.